The second kappa shape index (κ2) is 9.09. The fraction of sp³-hybridized carbons (Fsp3) is 0.167. The molecule has 0 radical (unpaired) electrons. The molecule has 0 heterocycles. The third kappa shape index (κ3) is 5.57. The molecule has 2 aromatic carbocycles. The number of carbonyl (C=O) groups is 2. The lowest BCUT2D eigenvalue weighted by Crippen LogP contribution is -2.34. The standard InChI is InChI=1S/C18H19N3O3/c1-2-24-16-10-8-14(9-11-16)12-20-21-17(22)13-19-18(23)15-6-4-3-5-7-15/h3-12H,2,13H2,1H3,(H,19,23)(H,21,22)/b20-12+. The Morgan fingerprint density at radius 1 is 1.08 bits per heavy atom. The molecule has 0 bridgehead atoms. The van der Waals surface area contributed by atoms with Crippen LogP contribution in [0.2, 0.25) is 0 Å². The SMILES string of the molecule is CCOc1ccc(/C=N/NC(=O)CNC(=O)c2ccccc2)cc1. The lowest BCUT2D eigenvalue weighted by Gasteiger charge is -2.04. The Morgan fingerprint density at radius 3 is 2.46 bits per heavy atom. The molecule has 24 heavy (non-hydrogen) atoms. The second-order valence-electron chi connectivity index (χ2n) is 4.84. The van der Waals surface area contributed by atoms with Crippen LogP contribution in [-0.4, -0.2) is 31.2 Å². The smallest absolute Gasteiger partial charge is 0.259 e. The molecule has 0 spiro atoms. The van der Waals surface area contributed by atoms with Crippen LogP contribution < -0.4 is 15.5 Å². The third-order valence-corrected chi connectivity index (χ3v) is 3.04. The second-order valence-corrected chi connectivity index (χ2v) is 4.84. The van der Waals surface area contributed by atoms with Crippen LogP contribution in [0.5, 0.6) is 5.75 Å². The molecule has 0 aliphatic heterocycles. The van der Waals surface area contributed by atoms with Gasteiger partial charge in [-0.3, -0.25) is 9.59 Å². The Balaban J connectivity index is 1.75. The van der Waals surface area contributed by atoms with Crippen LogP contribution in [-0.2, 0) is 4.79 Å². The molecule has 2 N–H and O–H groups in total. The number of benzene rings is 2. The van der Waals surface area contributed by atoms with Crippen LogP contribution in [0.1, 0.15) is 22.8 Å². The van der Waals surface area contributed by atoms with Crippen LogP contribution in [0.15, 0.2) is 59.7 Å². The Hall–Kier alpha value is -3.15. The topological polar surface area (TPSA) is 79.8 Å². The molecular formula is C18H19N3O3. The number of rotatable bonds is 7. The molecule has 0 fully saturated rings. The van der Waals surface area contributed by atoms with Crippen molar-refractivity contribution in [3.8, 4) is 5.75 Å². The molecule has 0 aromatic heterocycles. The van der Waals surface area contributed by atoms with E-state index in [1.165, 1.54) is 6.21 Å². The van der Waals surface area contributed by atoms with E-state index in [0.29, 0.717) is 12.2 Å². The van der Waals surface area contributed by atoms with Crippen LogP contribution >= 0.6 is 0 Å². The summed E-state index contributed by atoms with van der Waals surface area (Å²) in [5.41, 5.74) is 3.69. The molecule has 2 rings (SSSR count). The molecule has 6 heteroatoms. The zero-order valence-electron chi connectivity index (χ0n) is 13.4. The summed E-state index contributed by atoms with van der Waals surface area (Å²) in [5.74, 6) is 0.0741. The van der Waals surface area contributed by atoms with Crippen molar-refractivity contribution in [1.82, 2.24) is 10.7 Å². The number of carbonyl (C=O) groups excluding carboxylic acids is 2. The predicted octanol–water partition coefficient (Wildman–Crippen LogP) is 1.97. The summed E-state index contributed by atoms with van der Waals surface area (Å²) in [5, 5.41) is 6.38. The van der Waals surface area contributed by atoms with E-state index in [-0.39, 0.29) is 12.5 Å². The average Bonchev–Trinajstić information content (AvgIpc) is 2.62. The van der Waals surface area contributed by atoms with Gasteiger partial charge >= 0.3 is 0 Å². The summed E-state index contributed by atoms with van der Waals surface area (Å²) in [7, 11) is 0. The number of hydrazone groups is 1. The molecule has 6 nitrogen and oxygen atoms in total. The first-order chi connectivity index (χ1) is 11.7. The maximum absolute atomic E-state index is 11.8. The molecule has 0 aliphatic rings. The minimum Gasteiger partial charge on any atom is -0.494 e. The molecule has 124 valence electrons. The number of nitrogens with zero attached hydrogens (tertiary/aromatic N) is 1. The van der Waals surface area contributed by atoms with Gasteiger partial charge in [0.2, 0.25) is 0 Å². The van der Waals surface area contributed by atoms with E-state index in [0.717, 1.165) is 11.3 Å². The Labute approximate surface area is 140 Å². The van der Waals surface area contributed by atoms with Gasteiger partial charge in [-0.1, -0.05) is 18.2 Å². The summed E-state index contributed by atoms with van der Waals surface area (Å²) < 4.78 is 5.34. The maximum atomic E-state index is 11.8. The van der Waals surface area contributed by atoms with E-state index < -0.39 is 5.91 Å². The molecule has 0 atom stereocenters. The van der Waals surface area contributed by atoms with Crippen molar-refractivity contribution < 1.29 is 14.3 Å². The van der Waals surface area contributed by atoms with E-state index >= 15 is 0 Å². The fourth-order valence-corrected chi connectivity index (χ4v) is 1.89. The van der Waals surface area contributed by atoms with Gasteiger partial charge in [-0.05, 0) is 48.9 Å². The van der Waals surface area contributed by atoms with Crippen molar-refractivity contribution in [3.05, 3.63) is 65.7 Å². The summed E-state index contributed by atoms with van der Waals surface area (Å²) >= 11 is 0. The summed E-state index contributed by atoms with van der Waals surface area (Å²) in [6, 6.07) is 16.0. The summed E-state index contributed by atoms with van der Waals surface area (Å²) in [6.07, 6.45) is 1.52. The number of hydrogen-bond donors (Lipinski definition) is 2. The van der Waals surface area contributed by atoms with Gasteiger partial charge in [-0.2, -0.15) is 5.10 Å². The van der Waals surface area contributed by atoms with Crippen LogP contribution in [0.4, 0.5) is 0 Å². The molecule has 2 amide bonds. The van der Waals surface area contributed by atoms with Gasteiger partial charge in [0.25, 0.3) is 11.8 Å². The van der Waals surface area contributed by atoms with Crippen molar-refractivity contribution in [3.63, 3.8) is 0 Å². The van der Waals surface area contributed by atoms with Crippen molar-refractivity contribution in [2.24, 2.45) is 5.10 Å². The largest absolute Gasteiger partial charge is 0.494 e. The monoisotopic (exact) mass is 325 g/mol. The normalized spacial score (nSPS) is 10.4. The first-order valence-corrected chi connectivity index (χ1v) is 7.57. The average molecular weight is 325 g/mol. The first-order valence-electron chi connectivity index (χ1n) is 7.57. The van der Waals surface area contributed by atoms with Gasteiger partial charge in [0.15, 0.2) is 0 Å². The highest BCUT2D eigenvalue weighted by atomic mass is 16.5. The Bertz CT molecular complexity index is 697. The lowest BCUT2D eigenvalue weighted by atomic mass is 10.2. The predicted molar refractivity (Wildman–Crippen MR) is 92.1 cm³/mol. The zero-order chi connectivity index (χ0) is 17.2. The van der Waals surface area contributed by atoms with Crippen molar-refractivity contribution in [2.45, 2.75) is 6.92 Å². The van der Waals surface area contributed by atoms with E-state index in [1.807, 2.05) is 37.3 Å². The number of nitrogens with one attached hydrogen (secondary N) is 2. The molecule has 0 unspecified atom stereocenters. The molecule has 0 saturated carbocycles. The van der Waals surface area contributed by atoms with E-state index in [4.69, 9.17) is 4.74 Å². The first kappa shape index (κ1) is 17.2. The molecule has 0 saturated heterocycles. The summed E-state index contributed by atoms with van der Waals surface area (Å²) in [4.78, 5) is 23.4. The van der Waals surface area contributed by atoms with Gasteiger partial charge in [-0.15, -0.1) is 0 Å². The van der Waals surface area contributed by atoms with Gasteiger partial charge in [0, 0.05) is 5.56 Å². The number of hydrogen-bond acceptors (Lipinski definition) is 4. The highest BCUT2D eigenvalue weighted by molar-refractivity contribution is 5.96. The van der Waals surface area contributed by atoms with E-state index in [9.17, 15) is 9.59 Å². The van der Waals surface area contributed by atoms with Gasteiger partial charge in [-0.25, -0.2) is 5.43 Å². The van der Waals surface area contributed by atoms with E-state index in [2.05, 4.69) is 15.8 Å². The minimum atomic E-state index is -0.401. The Kier molecular flexibility index (Phi) is 6.52. The molecule has 2 aromatic rings. The van der Waals surface area contributed by atoms with Gasteiger partial charge in [0.1, 0.15) is 5.75 Å². The molecular weight excluding hydrogens is 306 g/mol. The highest BCUT2D eigenvalue weighted by Crippen LogP contribution is 2.10. The van der Waals surface area contributed by atoms with Crippen LogP contribution in [0, 0.1) is 0 Å². The molecule has 0 aliphatic carbocycles. The van der Waals surface area contributed by atoms with Crippen LogP contribution in [0.3, 0.4) is 0 Å². The van der Waals surface area contributed by atoms with E-state index in [1.54, 1.807) is 24.3 Å². The maximum Gasteiger partial charge on any atom is 0.259 e. The van der Waals surface area contributed by atoms with Crippen LogP contribution in [0.25, 0.3) is 0 Å². The fourth-order valence-electron chi connectivity index (χ4n) is 1.89. The minimum absolute atomic E-state index is 0.144. The van der Waals surface area contributed by atoms with Crippen molar-refractivity contribution in [2.75, 3.05) is 13.2 Å². The number of ether oxygens (including phenoxy) is 1. The Morgan fingerprint density at radius 2 is 1.79 bits per heavy atom. The lowest BCUT2D eigenvalue weighted by molar-refractivity contribution is -0.120. The third-order valence-electron chi connectivity index (χ3n) is 3.04. The number of amides is 2. The van der Waals surface area contributed by atoms with Gasteiger partial charge < -0.3 is 10.1 Å². The highest BCUT2D eigenvalue weighted by Gasteiger charge is 2.06. The summed E-state index contributed by atoms with van der Waals surface area (Å²) in [6.45, 7) is 2.38. The van der Waals surface area contributed by atoms with Gasteiger partial charge in [0.05, 0.1) is 19.4 Å². The quantitative estimate of drug-likeness (QED) is 0.603. The zero-order valence-corrected chi connectivity index (χ0v) is 13.4. The van der Waals surface area contributed by atoms with Crippen molar-refractivity contribution >= 4 is 18.0 Å². The van der Waals surface area contributed by atoms with Crippen molar-refractivity contribution in [1.29, 1.82) is 0 Å².